The Kier molecular flexibility index (Phi) is 11.5. The number of hydrogen-bond acceptors (Lipinski definition) is 8. The first-order valence-corrected chi connectivity index (χ1v) is 20.6. The number of fused-ring (bicyclic) bond motifs is 7. The fourth-order valence-electron chi connectivity index (χ4n) is 12.7. The number of aliphatic hydroxyl groups is 4. The lowest BCUT2D eigenvalue weighted by Gasteiger charge is -2.73. The van der Waals surface area contributed by atoms with Gasteiger partial charge in [-0.1, -0.05) is 91.2 Å². The van der Waals surface area contributed by atoms with Gasteiger partial charge in [0.25, 0.3) is 0 Å². The van der Waals surface area contributed by atoms with Crippen LogP contribution in [0.4, 0.5) is 0 Å². The van der Waals surface area contributed by atoms with Gasteiger partial charge in [0.15, 0.2) is 6.10 Å². The molecule has 2 unspecified atom stereocenters. The van der Waals surface area contributed by atoms with Crippen LogP contribution in [0.2, 0.25) is 0 Å². The van der Waals surface area contributed by atoms with Gasteiger partial charge in [0.2, 0.25) is 0 Å². The number of rotatable bonds is 9. The van der Waals surface area contributed by atoms with Crippen LogP contribution in [0.25, 0.3) is 0 Å². The molecular weight excluding hydrogens is 668 g/mol. The number of ether oxygens (including phenoxy) is 2. The summed E-state index contributed by atoms with van der Waals surface area (Å²) in [5.41, 5.74) is -0.707. The maximum absolute atomic E-state index is 13.7. The molecule has 4 saturated carbocycles. The van der Waals surface area contributed by atoms with Crippen LogP contribution >= 0.6 is 0 Å². The molecular formula is C45H72O8. The lowest BCUT2D eigenvalue weighted by Crippen LogP contribution is -2.76. The van der Waals surface area contributed by atoms with Gasteiger partial charge < -0.3 is 29.9 Å². The average molecular weight is 741 g/mol. The molecule has 4 N–H and O–H groups in total. The van der Waals surface area contributed by atoms with Crippen molar-refractivity contribution in [3.8, 4) is 0 Å². The normalized spacial score (nSPS) is 43.5. The highest BCUT2D eigenvalue weighted by atomic mass is 16.6. The number of allylic oxidation sites excluding steroid dienone is 4. The summed E-state index contributed by atoms with van der Waals surface area (Å²) in [4.78, 5) is 27.4. The third kappa shape index (κ3) is 6.42. The summed E-state index contributed by atoms with van der Waals surface area (Å²) in [6.07, 6.45) is 7.25. The zero-order valence-electron chi connectivity index (χ0n) is 34.9. The second kappa shape index (κ2) is 14.5. The number of aliphatic hydroxyl groups excluding tert-OH is 4. The molecule has 0 heterocycles. The van der Waals surface area contributed by atoms with Gasteiger partial charge in [0.1, 0.15) is 6.10 Å². The van der Waals surface area contributed by atoms with Gasteiger partial charge >= 0.3 is 11.9 Å². The van der Waals surface area contributed by atoms with Crippen LogP contribution in [-0.2, 0) is 19.1 Å². The Bertz CT molecular complexity index is 1500. The van der Waals surface area contributed by atoms with Crippen molar-refractivity contribution in [1.29, 1.82) is 0 Å². The van der Waals surface area contributed by atoms with E-state index in [0.29, 0.717) is 25.2 Å². The van der Waals surface area contributed by atoms with E-state index in [1.807, 2.05) is 41.5 Å². The van der Waals surface area contributed by atoms with Gasteiger partial charge in [-0.25, -0.2) is 4.79 Å². The smallest absolute Gasteiger partial charge is 0.331 e. The van der Waals surface area contributed by atoms with Crippen molar-refractivity contribution in [2.45, 2.75) is 171 Å². The van der Waals surface area contributed by atoms with E-state index >= 15 is 0 Å². The van der Waals surface area contributed by atoms with Crippen LogP contribution in [0.1, 0.15) is 141 Å². The highest BCUT2D eigenvalue weighted by molar-refractivity contribution is 5.83. The Morgan fingerprint density at radius 2 is 1.58 bits per heavy atom. The van der Waals surface area contributed by atoms with Crippen LogP contribution in [-0.4, -0.2) is 69.5 Å². The Morgan fingerprint density at radius 3 is 2.19 bits per heavy atom. The van der Waals surface area contributed by atoms with Crippen LogP contribution in [0.3, 0.4) is 0 Å². The molecule has 0 aromatic carbocycles. The molecule has 53 heavy (non-hydrogen) atoms. The molecule has 13 atom stereocenters. The van der Waals surface area contributed by atoms with Crippen LogP contribution < -0.4 is 0 Å². The van der Waals surface area contributed by atoms with Crippen molar-refractivity contribution in [3.05, 3.63) is 34.9 Å². The monoisotopic (exact) mass is 741 g/mol. The molecule has 0 spiro atoms. The fraction of sp³-hybridized carbons (Fsp3) is 0.822. The minimum absolute atomic E-state index is 0.0756. The Balaban J connectivity index is 1.61. The van der Waals surface area contributed by atoms with Gasteiger partial charge in [-0.15, -0.1) is 0 Å². The first kappa shape index (κ1) is 42.1. The molecule has 5 aliphatic rings. The standard InChI is InChI=1S/C45H72O8/c1-13-28(5)39(51)53-38-37(52-34(48)23-27(4)16-14-15-26(2)3)40(6,7)24-30-29-17-18-32-42(10)21-20-33(47)41(8,9)31(42)19-22-43(32,11)44(29,12)35(49)36(50)45(30,38)25-46/h15,17,23,28,30-33,35-38,46-47,49-50H,13-14,16,18-22,24-25H2,1-12H3/b27-23+/t28?,30-,31?,32+,33-,35-,36+,37-,38-,42-,43+,44-,45-/m0/s1. The Hall–Kier alpha value is -2.00. The summed E-state index contributed by atoms with van der Waals surface area (Å²) in [5, 5.41) is 48.2. The fourth-order valence-corrected chi connectivity index (χ4v) is 12.7. The van der Waals surface area contributed by atoms with Gasteiger partial charge in [-0.2, -0.15) is 0 Å². The molecule has 0 saturated heterocycles. The first-order chi connectivity index (χ1) is 24.5. The van der Waals surface area contributed by atoms with Gasteiger partial charge in [0, 0.05) is 16.9 Å². The van der Waals surface area contributed by atoms with Gasteiger partial charge in [0.05, 0.1) is 36.3 Å². The van der Waals surface area contributed by atoms with E-state index in [1.54, 1.807) is 6.92 Å². The van der Waals surface area contributed by atoms with E-state index < -0.39 is 76.5 Å². The summed E-state index contributed by atoms with van der Waals surface area (Å²) in [6, 6.07) is 0. The van der Waals surface area contributed by atoms with Crippen LogP contribution in [0, 0.1) is 56.2 Å². The molecule has 0 bridgehead atoms. The van der Waals surface area contributed by atoms with E-state index in [2.05, 4.69) is 46.8 Å². The zero-order chi connectivity index (χ0) is 39.7. The SMILES string of the molecule is CCC(C)C(=O)O[C@H]1[C@H](OC(=O)/C=C(\C)CCC=C(C)C)C(C)(C)C[C@H]2C3=CC[C@@H]4[C@@]5(C)CC[C@H](O)C(C)(C)C5CC[C@@]4(C)[C@]3(C)[C@@H](O)[C@@H](O)[C@]21CO. The Morgan fingerprint density at radius 1 is 0.925 bits per heavy atom. The zero-order valence-corrected chi connectivity index (χ0v) is 34.9. The second-order valence-corrected chi connectivity index (χ2v) is 20.3. The average Bonchev–Trinajstić information content (AvgIpc) is 3.07. The molecule has 8 heteroatoms. The van der Waals surface area contributed by atoms with Crippen LogP contribution in [0.5, 0.6) is 0 Å². The molecule has 5 rings (SSSR count). The summed E-state index contributed by atoms with van der Waals surface area (Å²) in [5.74, 6) is -1.43. The molecule has 0 amide bonds. The maximum atomic E-state index is 13.7. The van der Waals surface area contributed by atoms with Gasteiger partial charge in [-0.05, 0) is 113 Å². The molecule has 0 aromatic rings. The minimum Gasteiger partial charge on any atom is -0.457 e. The summed E-state index contributed by atoms with van der Waals surface area (Å²) < 4.78 is 12.7. The maximum Gasteiger partial charge on any atom is 0.331 e. The molecule has 5 aliphatic carbocycles. The van der Waals surface area contributed by atoms with E-state index in [-0.39, 0.29) is 22.9 Å². The van der Waals surface area contributed by atoms with E-state index in [1.165, 1.54) is 11.6 Å². The van der Waals surface area contributed by atoms with Crippen molar-refractivity contribution in [3.63, 3.8) is 0 Å². The van der Waals surface area contributed by atoms with Crippen molar-refractivity contribution in [2.24, 2.45) is 56.2 Å². The van der Waals surface area contributed by atoms with E-state index in [4.69, 9.17) is 9.47 Å². The number of carbonyl (C=O) groups is 2. The largest absolute Gasteiger partial charge is 0.457 e. The third-order valence-electron chi connectivity index (χ3n) is 16.4. The highest BCUT2D eigenvalue weighted by Crippen LogP contribution is 2.76. The first-order valence-electron chi connectivity index (χ1n) is 20.6. The number of esters is 2. The number of hydrogen-bond donors (Lipinski definition) is 4. The topological polar surface area (TPSA) is 134 Å². The predicted molar refractivity (Wildman–Crippen MR) is 207 cm³/mol. The molecule has 4 fully saturated rings. The van der Waals surface area contributed by atoms with Crippen molar-refractivity contribution in [1.82, 2.24) is 0 Å². The molecule has 300 valence electrons. The van der Waals surface area contributed by atoms with Crippen LogP contribution in [0.15, 0.2) is 34.9 Å². The highest BCUT2D eigenvalue weighted by Gasteiger charge is 2.76. The Labute approximate surface area is 319 Å². The second-order valence-electron chi connectivity index (χ2n) is 20.3. The molecule has 0 aromatic heterocycles. The van der Waals surface area contributed by atoms with E-state index in [9.17, 15) is 30.0 Å². The summed E-state index contributed by atoms with van der Waals surface area (Å²) in [6.45, 7) is 24.4. The minimum atomic E-state index is -1.52. The van der Waals surface area contributed by atoms with E-state index in [0.717, 1.165) is 49.7 Å². The summed E-state index contributed by atoms with van der Waals surface area (Å²) >= 11 is 0. The molecule has 8 nitrogen and oxygen atoms in total. The third-order valence-corrected chi connectivity index (χ3v) is 16.4. The summed E-state index contributed by atoms with van der Waals surface area (Å²) in [7, 11) is 0. The van der Waals surface area contributed by atoms with Crippen molar-refractivity contribution >= 4 is 11.9 Å². The molecule has 0 radical (unpaired) electrons. The molecule has 0 aliphatic heterocycles. The van der Waals surface area contributed by atoms with Crippen molar-refractivity contribution < 1.29 is 39.5 Å². The number of carbonyl (C=O) groups excluding carboxylic acids is 2. The lowest BCUT2D eigenvalue weighted by molar-refractivity contribution is -0.293. The lowest BCUT2D eigenvalue weighted by atomic mass is 9.32. The van der Waals surface area contributed by atoms with Gasteiger partial charge in [-0.3, -0.25) is 4.79 Å². The quantitative estimate of drug-likeness (QED) is 0.107. The van der Waals surface area contributed by atoms with Crippen molar-refractivity contribution in [2.75, 3.05) is 6.61 Å². The predicted octanol–water partition coefficient (Wildman–Crippen LogP) is 7.87.